The number of hydrogen-bond donors (Lipinski definition) is 0. The minimum atomic E-state index is -0.792. The van der Waals surface area contributed by atoms with Crippen LogP contribution in [-0.4, -0.2) is 12.6 Å². The van der Waals surface area contributed by atoms with E-state index in [0.717, 1.165) is 31.4 Å². The van der Waals surface area contributed by atoms with Crippen molar-refractivity contribution in [3.8, 4) is 5.75 Å². The van der Waals surface area contributed by atoms with Crippen molar-refractivity contribution in [3.05, 3.63) is 119 Å². The second kappa shape index (κ2) is 11.2. The molecule has 0 unspecified atom stereocenters. The number of rotatable bonds is 8. The van der Waals surface area contributed by atoms with Crippen LogP contribution in [0.1, 0.15) is 30.5 Å². The van der Waals surface area contributed by atoms with Crippen LogP contribution < -0.4 is 4.74 Å². The lowest BCUT2D eigenvalue weighted by molar-refractivity contribution is -0.159. The fourth-order valence-corrected chi connectivity index (χ4v) is 6.10. The lowest BCUT2D eigenvalue weighted by atomic mass is 9.94. The van der Waals surface area contributed by atoms with Crippen molar-refractivity contribution in [1.29, 1.82) is 0 Å². The van der Waals surface area contributed by atoms with Gasteiger partial charge in [-0.15, -0.1) is 0 Å². The summed E-state index contributed by atoms with van der Waals surface area (Å²) in [5.41, 5.74) is 2.35. The highest BCUT2D eigenvalue weighted by atomic mass is 32.2. The van der Waals surface area contributed by atoms with Crippen molar-refractivity contribution in [2.45, 2.75) is 48.0 Å². The molecule has 0 atom stereocenters. The molecule has 0 fully saturated rings. The maximum absolute atomic E-state index is 13.5. The van der Waals surface area contributed by atoms with Crippen LogP contribution in [0.15, 0.2) is 106 Å². The van der Waals surface area contributed by atoms with Crippen molar-refractivity contribution in [3.63, 3.8) is 0 Å². The zero-order chi connectivity index (χ0) is 26.6. The highest BCUT2D eigenvalue weighted by molar-refractivity contribution is 7.97. The minimum Gasteiger partial charge on any atom is -0.482 e. The van der Waals surface area contributed by atoms with Crippen molar-refractivity contribution < 1.29 is 23.0 Å². The Bertz CT molecular complexity index is 1300. The zero-order valence-electron chi connectivity index (χ0n) is 21.3. The SMILES string of the molecule is Cc1cc(C)cc(C(C)(C)OC(=O)COc2ccc([S+](c3ccc(F)cc3)c3ccc(F)cc3)cc2)c1. The van der Waals surface area contributed by atoms with Gasteiger partial charge in [0.15, 0.2) is 21.3 Å². The van der Waals surface area contributed by atoms with Crippen LogP contribution in [0.5, 0.6) is 5.75 Å². The zero-order valence-corrected chi connectivity index (χ0v) is 22.1. The van der Waals surface area contributed by atoms with Crippen LogP contribution in [0.3, 0.4) is 0 Å². The third-order valence-corrected chi connectivity index (χ3v) is 8.03. The largest absolute Gasteiger partial charge is 0.482 e. The monoisotopic (exact) mass is 519 g/mol. The number of ether oxygens (including phenoxy) is 2. The summed E-state index contributed by atoms with van der Waals surface area (Å²) < 4.78 is 38.5. The van der Waals surface area contributed by atoms with E-state index in [1.54, 1.807) is 36.4 Å². The molecule has 3 nitrogen and oxygen atoms in total. The second-order valence-corrected chi connectivity index (χ2v) is 11.4. The van der Waals surface area contributed by atoms with E-state index in [-0.39, 0.29) is 18.2 Å². The highest BCUT2D eigenvalue weighted by Gasteiger charge is 2.29. The second-order valence-electron chi connectivity index (χ2n) is 9.33. The Morgan fingerprint density at radius 1 is 0.730 bits per heavy atom. The first-order valence-corrected chi connectivity index (χ1v) is 13.1. The minimum absolute atomic E-state index is 0.227. The quantitative estimate of drug-likeness (QED) is 0.178. The lowest BCUT2D eigenvalue weighted by Gasteiger charge is -2.26. The Morgan fingerprint density at radius 3 is 1.62 bits per heavy atom. The molecule has 0 saturated carbocycles. The molecule has 0 aliphatic heterocycles. The first kappa shape index (κ1) is 26.4. The summed E-state index contributed by atoms with van der Waals surface area (Å²) in [6.07, 6.45) is 0. The van der Waals surface area contributed by atoms with Gasteiger partial charge in [-0.25, -0.2) is 13.6 Å². The van der Waals surface area contributed by atoms with Gasteiger partial charge in [-0.05, 0) is 106 Å². The maximum atomic E-state index is 13.5. The molecular weight excluding hydrogens is 490 g/mol. The van der Waals surface area contributed by atoms with Crippen molar-refractivity contribution in [1.82, 2.24) is 0 Å². The van der Waals surface area contributed by atoms with E-state index in [0.29, 0.717) is 5.75 Å². The topological polar surface area (TPSA) is 35.5 Å². The predicted octanol–water partition coefficient (Wildman–Crippen LogP) is 7.53. The standard InChI is InChI=1S/C31H29F2O3S/c1-21-17-22(2)19-23(18-21)31(3,4)36-30(34)20-35-26-9-15-29(16-10-26)37(27-11-5-24(32)6-12-27)28-13-7-25(33)8-14-28/h5-19H,20H2,1-4H3/q+1. The predicted molar refractivity (Wildman–Crippen MR) is 142 cm³/mol. The number of carbonyl (C=O) groups is 1. The highest BCUT2D eigenvalue weighted by Crippen LogP contribution is 2.32. The molecule has 0 spiro atoms. The van der Waals surface area contributed by atoms with Crippen LogP contribution >= 0.6 is 0 Å². The normalized spacial score (nSPS) is 11.4. The number of halogens is 2. The molecule has 0 N–H and O–H groups in total. The van der Waals surface area contributed by atoms with E-state index in [1.807, 2.05) is 52.0 Å². The summed E-state index contributed by atoms with van der Waals surface area (Å²) >= 11 is 0. The molecule has 0 aliphatic carbocycles. The third kappa shape index (κ3) is 6.77. The van der Waals surface area contributed by atoms with Crippen LogP contribution in [0, 0.1) is 25.5 Å². The first-order chi connectivity index (χ1) is 17.6. The van der Waals surface area contributed by atoms with Crippen molar-refractivity contribution in [2.24, 2.45) is 0 Å². The molecule has 0 saturated heterocycles. The molecule has 0 amide bonds. The Balaban J connectivity index is 1.46. The summed E-state index contributed by atoms with van der Waals surface area (Å²) in [4.78, 5) is 15.3. The van der Waals surface area contributed by atoms with Crippen molar-refractivity contribution >= 4 is 16.9 Å². The van der Waals surface area contributed by atoms with Gasteiger partial charge in [0.25, 0.3) is 0 Å². The van der Waals surface area contributed by atoms with Gasteiger partial charge >= 0.3 is 5.97 Å². The van der Waals surface area contributed by atoms with Crippen LogP contribution in [0.2, 0.25) is 0 Å². The van der Waals surface area contributed by atoms with Gasteiger partial charge in [-0.1, -0.05) is 29.3 Å². The maximum Gasteiger partial charge on any atom is 0.345 e. The number of carbonyl (C=O) groups excluding carboxylic acids is 1. The molecular formula is C31H29F2O3S+. The van der Waals surface area contributed by atoms with E-state index >= 15 is 0 Å². The Morgan fingerprint density at radius 2 is 1.16 bits per heavy atom. The van der Waals surface area contributed by atoms with Gasteiger partial charge in [0.1, 0.15) is 23.0 Å². The van der Waals surface area contributed by atoms with Gasteiger partial charge in [-0.2, -0.15) is 0 Å². The Kier molecular flexibility index (Phi) is 7.98. The van der Waals surface area contributed by atoms with Gasteiger partial charge < -0.3 is 9.47 Å². The van der Waals surface area contributed by atoms with Gasteiger partial charge in [0, 0.05) is 0 Å². The molecule has 6 heteroatoms. The van der Waals surface area contributed by atoms with Gasteiger partial charge in [0.05, 0.1) is 10.9 Å². The molecule has 0 radical (unpaired) electrons. The number of aryl methyl sites for hydroxylation is 2. The summed E-state index contributed by atoms with van der Waals surface area (Å²) in [5, 5.41) is 0. The molecule has 37 heavy (non-hydrogen) atoms. The molecule has 4 rings (SSSR count). The summed E-state index contributed by atoms with van der Waals surface area (Å²) in [5.74, 6) is -0.581. The first-order valence-electron chi connectivity index (χ1n) is 11.9. The fraction of sp³-hybridized carbons (Fsp3) is 0.194. The van der Waals surface area contributed by atoms with E-state index < -0.39 is 22.5 Å². The van der Waals surface area contributed by atoms with Crippen LogP contribution in [0.25, 0.3) is 0 Å². The summed E-state index contributed by atoms with van der Waals surface area (Å²) in [7, 11) is -0.571. The summed E-state index contributed by atoms with van der Waals surface area (Å²) in [6.45, 7) is 7.52. The van der Waals surface area contributed by atoms with Crippen LogP contribution in [-0.2, 0) is 26.0 Å². The molecule has 0 aliphatic rings. The summed E-state index contributed by atoms with van der Waals surface area (Å²) in [6, 6.07) is 26.1. The molecule has 0 heterocycles. The molecule has 4 aromatic carbocycles. The molecule has 190 valence electrons. The third-order valence-electron chi connectivity index (χ3n) is 5.80. The molecule has 4 aromatic rings. The van der Waals surface area contributed by atoms with E-state index in [9.17, 15) is 13.6 Å². The Labute approximate surface area is 219 Å². The average Bonchev–Trinajstić information content (AvgIpc) is 2.85. The fourth-order valence-electron chi connectivity index (χ4n) is 4.06. The number of esters is 1. The molecule has 0 aromatic heterocycles. The van der Waals surface area contributed by atoms with Gasteiger partial charge in [0.2, 0.25) is 0 Å². The van der Waals surface area contributed by atoms with Crippen molar-refractivity contribution in [2.75, 3.05) is 6.61 Å². The smallest absolute Gasteiger partial charge is 0.345 e. The van der Waals surface area contributed by atoms with Gasteiger partial charge in [-0.3, -0.25) is 0 Å². The number of benzene rings is 4. The van der Waals surface area contributed by atoms with E-state index in [1.165, 1.54) is 24.3 Å². The van der Waals surface area contributed by atoms with E-state index in [2.05, 4.69) is 6.07 Å². The number of hydrogen-bond acceptors (Lipinski definition) is 3. The van der Waals surface area contributed by atoms with Crippen LogP contribution in [0.4, 0.5) is 8.78 Å². The average molecular weight is 520 g/mol. The van der Waals surface area contributed by atoms with E-state index in [4.69, 9.17) is 9.47 Å². The lowest BCUT2D eigenvalue weighted by Crippen LogP contribution is -2.28. The molecule has 0 bridgehead atoms. The Hall–Kier alpha value is -3.64.